The van der Waals surface area contributed by atoms with Gasteiger partial charge in [0.25, 0.3) is 5.91 Å². The summed E-state index contributed by atoms with van der Waals surface area (Å²) in [7, 11) is 0. The topological polar surface area (TPSA) is 118 Å². The highest BCUT2D eigenvalue weighted by Crippen LogP contribution is 2.33. The Hall–Kier alpha value is -3.10. The van der Waals surface area contributed by atoms with E-state index in [1.54, 1.807) is 18.2 Å². The van der Waals surface area contributed by atoms with Crippen molar-refractivity contribution in [3.63, 3.8) is 0 Å². The number of aromatic amines is 1. The summed E-state index contributed by atoms with van der Waals surface area (Å²) < 4.78 is 10.4. The van der Waals surface area contributed by atoms with Crippen LogP contribution in [-0.4, -0.2) is 45.5 Å². The zero-order valence-electron chi connectivity index (χ0n) is 11.4. The van der Waals surface area contributed by atoms with Crippen LogP contribution in [-0.2, 0) is 4.79 Å². The third-order valence-corrected chi connectivity index (χ3v) is 3.07. The van der Waals surface area contributed by atoms with Gasteiger partial charge in [-0.25, -0.2) is 5.10 Å². The molecule has 0 saturated heterocycles. The second-order valence-corrected chi connectivity index (χ2v) is 4.48. The molecule has 0 bridgehead atoms. The lowest BCUT2D eigenvalue weighted by Crippen LogP contribution is -2.34. The quantitative estimate of drug-likeness (QED) is 0.832. The maximum absolute atomic E-state index is 12.6. The van der Waals surface area contributed by atoms with Gasteiger partial charge in [0.15, 0.2) is 11.5 Å². The van der Waals surface area contributed by atoms with Crippen LogP contribution in [0.4, 0.5) is 5.95 Å². The number of fused-ring (bicyclic) bond motifs is 1. The standard InChI is InChI=1S/C13H12N4O5/c18-11(19)3-4-17(13-14-6-15-16-13)12(20)8-1-2-9-10(5-8)22-7-21-9/h1-2,5-6H,3-4,7H2,(H,18,19)(H,14,15,16). The smallest absolute Gasteiger partial charge is 0.305 e. The molecular formula is C13H12N4O5. The van der Waals surface area contributed by atoms with Crippen LogP contribution in [0.5, 0.6) is 11.5 Å². The van der Waals surface area contributed by atoms with E-state index >= 15 is 0 Å². The van der Waals surface area contributed by atoms with E-state index < -0.39 is 11.9 Å². The maximum Gasteiger partial charge on any atom is 0.305 e. The molecule has 2 N–H and O–H groups in total. The summed E-state index contributed by atoms with van der Waals surface area (Å²) in [6.07, 6.45) is 1.03. The molecule has 2 aromatic rings. The number of nitrogens with zero attached hydrogens (tertiary/aromatic N) is 3. The van der Waals surface area contributed by atoms with Crippen LogP contribution in [0.15, 0.2) is 24.5 Å². The Bertz CT molecular complexity index is 700. The van der Waals surface area contributed by atoms with Gasteiger partial charge < -0.3 is 14.6 Å². The monoisotopic (exact) mass is 304 g/mol. The molecule has 9 heteroatoms. The Balaban J connectivity index is 1.86. The number of carbonyl (C=O) groups is 2. The first-order valence-electron chi connectivity index (χ1n) is 6.44. The van der Waals surface area contributed by atoms with Crippen LogP contribution in [0, 0.1) is 0 Å². The van der Waals surface area contributed by atoms with Crippen LogP contribution in [0.25, 0.3) is 0 Å². The zero-order valence-corrected chi connectivity index (χ0v) is 11.4. The number of hydrogen-bond acceptors (Lipinski definition) is 6. The van der Waals surface area contributed by atoms with Crippen molar-refractivity contribution in [1.29, 1.82) is 0 Å². The minimum absolute atomic E-state index is 0.0300. The normalized spacial score (nSPS) is 12.2. The second kappa shape index (κ2) is 5.72. The first-order chi connectivity index (χ1) is 10.6. The summed E-state index contributed by atoms with van der Waals surface area (Å²) in [6.45, 7) is 0.0790. The van der Waals surface area contributed by atoms with Gasteiger partial charge >= 0.3 is 5.97 Å². The van der Waals surface area contributed by atoms with Gasteiger partial charge in [-0.3, -0.25) is 14.5 Å². The molecule has 1 amide bonds. The van der Waals surface area contributed by atoms with Crippen molar-refractivity contribution in [3.05, 3.63) is 30.1 Å². The molecular weight excluding hydrogens is 292 g/mol. The van der Waals surface area contributed by atoms with Crippen molar-refractivity contribution in [3.8, 4) is 11.5 Å². The van der Waals surface area contributed by atoms with E-state index in [9.17, 15) is 9.59 Å². The molecule has 0 fully saturated rings. The fraction of sp³-hybridized carbons (Fsp3) is 0.231. The summed E-state index contributed by atoms with van der Waals surface area (Å²) in [4.78, 5) is 28.5. The highest BCUT2D eigenvalue weighted by atomic mass is 16.7. The van der Waals surface area contributed by atoms with Crippen LogP contribution in [0.1, 0.15) is 16.8 Å². The molecule has 1 aliphatic rings. The lowest BCUT2D eigenvalue weighted by Gasteiger charge is -2.18. The zero-order chi connectivity index (χ0) is 15.5. The number of carbonyl (C=O) groups excluding carboxylic acids is 1. The molecule has 0 spiro atoms. The molecule has 0 atom stereocenters. The predicted molar refractivity (Wildman–Crippen MR) is 72.9 cm³/mol. The first kappa shape index (κ1) is 13.9. The third kappa shape index (κ3) is 2.68. The Labute approximate surface area is 124 Å². The highest BCUT2D eigenvalue weighted by molar-refractivity contribution is 6.05. The van der Waals surface area contributed by atoms with Gasteiger partial charge in [0.1, 0.15) is 6.33 Å². The third-order valence-electron chi connectivity index (χ3n) is 3.07. The molecule has 1 aliphatic heterocycles. The first-order valence-corrected chi connectivity index (χ1v) is 6.44. The largest absolute Gasteiger partial charge is 0.481 e. The van der Waals surface area contributed by atoms with Crippen molar-refractivity contribution < 1.29 is 24.2 Å². The molecule has 3 rings (SSSR count). The number of anilines is 1. The molecule has 1 aromatic heterocycles. The van der Waals surface area contributed by atoms with Gasteiger partial charge in [0.05, 0.1) is 6.42 Å². The second-order valence-electron chi connectivity index (χ2n) is 4.48. The minimum Gasteiger partial charge on any atom is -0.481 e. The van der Waals surface area contributed by atoms with Crippen molar-refractivity contribution in [1.82, 2.24) is 15.2 Å². The summed E-state index contributed by atoms with van der Waals surface area (Å²) >= 11 is 0. The number of rotatable bonds is 5. The molecule has 9 nitrogen and oxygen atoms in total. The van der Waals surface area contributed by atoms with Gasteiger partial charge in [-0.1, -0.05) is 0 Å². The summed E-state index contributed by atoms with van der Waals surface area (Å²) in [5.74, 6) is -0.196. The maximum atomic E-state index is 12.6. The highest BCUT2D eigenvalue weighted by Gasteiger charge is 2.23. The van der Waals surface area contributed by atoms with Crippen LogP contribution in [0.2, 0.25) is 0 Å². The SMILES string of the molecule is O=C(O)CCN(C(=O)c1ccc2c(c1)OCO2)c1ncn[nH]1. The lowest BCUT2D eigenvalue weighted by molar-refractivity contribution is -0.136. The van der Waals surface area contributed by atoms with Gasteiger partial charge in [0.2, 0.25) is 12.7 Å². The van der Waals surface area contributed by atoms with E-state index in [1.807, 2.05) is 0 Å². The summed E-state index contributed by atoms with van der Waals surface area (Å²) in [5, 5.41) is 15.1. The Morgan fingerprint density at radius 3 is 2.86 bits per heavy atom. The predicted octanol–water partition coefficient (Wildman–Crippen LogP) is 0.655. The minimum atomic E-state index is -1.01. The molecule has 2 heterocycles. The molecule has 0 unspecified atom stereocenters. The molecule has 1 aromatic carbocycles. The fourth-order valence-corrected chi connectivity index (χ4v) is 2.03. The Morgan fingerprint density at radius 1 is 1.32 bits per heavy atom. The van der Waals surface area contributed by atoms with E-state index in [2.05, 4.69) is 15.2 Å². The number of carboxylic acid groups (broad SMARTS) is 1. The van der Waals surface area contributed by atoms with Crippen LogP contribution in [0.3, 0.4) is 0 Å². The number of ether oxygens (including phenoxy) is 2. The number of carboxylic acids is 1. The molecule has 22 heavy (non-hydrogen) atoms. The van der Waals surface area contributed by atoms with Gasteiger partial charge in [0, 0.05) is 12.1 Å². The molecule has 0 saturated carbocycles. The number of nitrogens with one attached hydrogen (secondary N) is 1. The van der Waals surface area contributed by atoms with Crippen LogP contribution >= 0.6 is 0 Å². The van der Waals surface area contributed by atoms with Crippen molar-refractivity contribution >= 4 is 17.8 Å². The molecule has 114 valence electrons. The average Bonchev–Trinajstić information content (AvgIpc) is 3.17. The van der Waals surface area contributed by atoms with Crippen LogP contribution < -0.4 is 14.4 Å². The summed E-state index contributed by atoms with van der Waals surface area (Å²) in [6, 6.07) is 4.76. The van der Waals surface area contributed by atoms with Gasteiger partial charge in [-0.15, -0.1) is 0 Å². The number of benzene rings is 1. The Morgan fingerprint density at radius 2 is 2.14 bits per heavy atom. The van der Waals surface area contributed by atoms with Crippen molar-refractivity contribution in [2.45, 2.75) is 6.42 Å². The van der Waals surface area contributed by atoms with Gasteiger partial charge in [-0.05, 0) is 18.2 Å². The summed E-state index contributed by atoms with van der Waals surface area (Å²) in [5.41, 5.74) is 0.339. The number of amides is 1. The number of hydrogen-bond donors (Lipinski definition) is 2. The number of aromatic nitrogens is 3. The average molecular weight is 304 g/mol. The number of aliphatic carboxylic acids is 1. The lowest BCUT2D eigenvalue weighted by atomic mass is 10.1. The fourth-order valence-electron chi connectivity index (χ4n) is 2.03. The van der Waals surface area contributed by atoms with E-state index in [4.69, 9.17) is 14.6 Å². The van der Waals surface area contributed by atoms with Crippen molar-refractivity contribution in [2.24, 2.45) is 0 Å². The van der Waals surface area contributed by atoms with E-state index in [1.165, 1.54) is 11.2 Å². The van der Waals surface area contributed by atoms with E-state index in [0.29, 0.717) is 17.1 Å². The van der Waals surface area contributed by atoms with Crippen molar-refractivity contribution in [2.75, 3.05) is 18.2 Å². The molecule has 0 radical (unpaired) electrons. The van der Waals surface area contributed by atoms with E-state index in [0.717, 1.165) is 0 Å². The molecule has 0 aliphatic carbocycles. The Kier molecular flexibility index (Phi) is 3.60. The van der Waals surface area contributed by atoms with E-state index in [-0.39, 0.29) is 25.7 Å². The van der Waals surface area contributed by atoms with Gasteiger partial charge in [-0.2, -0.15) is 10.1 Å². The number of H-pyrrole nitrogens is 1.